The van der Waals surface area contributed by atoms with Crippen LogP contribution < -0.4 is 4.74 Å². The number of hydrogen-bond donors (Lipinski definition) is 1. The zero-order valence-corrected chi connectivity index (χ0v) is 20.5. The number of ether oxygens (including phenoxy) is 1. The lowest BCUT2D eigenvalue weighted by Gasteiger charge is -2.15. The minimum Gasteiger partial charge on any atom is -0.508 e. The maximum Gasteiger partial charge on any atom is 0.206 e. The number of phenolic OH excluding ortho intramolecular Hbond substituents is 1. The molecule has 1 saturated heterocycles. The SMILES string of the molecule is C[C@H]1CCN(CCCc2ccc(Oc3c(C(=O)c4ccc(F)cc4)sc4cc(O)ccc34)cc2)C1. The van der Waals surface area contributed by atoms with E-state index in [1.807, 2.05) is 12.1 Å². The number of carbonyl (C=O) groups excluding carboxylic acids is 1. The minimum atomic E-state index is -0.394. The van der Waals surface area contributed by atoms with Gasteiger partial charge in [0.05, 0.1) is 0 Å². The van der Waals surface area contributed by atoms with Crippen molar-refractivity contribution in [1.82, 2.24) is 4.90 Å². The number of rotatable bonds is 8. The van der Waals surface area contributed by atoms with Gasteiger partial charge in [0.2, 0.25) is 5.78 Å². The molecule has 0 bridgehead atoms. The first-order chi connectivity index (χ1) is 17.0. The highest BCUT2D eigenvalue weighted by molar-refractivity contribution is 7.21. The van der Waals surface area contributed by atoms with Crippen molar-refractivity contribution >= 4 is 27.2 Å². The third-order valence-electron chi connectivity index (χ3n) is 6.53. The number of benzene rings is 3. The van der Waals surface area contributed by atoms with Gasteiger partial charge in [-0.2, -0.15) is 0 Å². The molecule has 4 aromatic rings. The molecule has 1 aliphatic heterocycles. The van der Waals surface area contributed by atoms with Crippen molar-refractivity contribution in [2.24, 2.45) is 5.92 Å². The summed E-state index contributed by atoms with van der Waals surface area (Å²) in [5, 5.41) is 10.7. The molecule has 0 amide bonds. The highest BCUT2D eigenvalue weighted by Gasteiger charge is 2.22. The Hall–Kier alpha value is -3.22. The second-order valence-electron chi connectivity index (χ2n) is 9.32. The zero-order valence-electron chi connectivity index (χ0n) is 19.7. The van der Waals surface area contributed by atoms with Gasteiger partial charge in [0.15, 0.2) is 5.75 Å². The molecule has 1 fully saturated rings. The van der Waals surface area contributed by atoms with Crippen LogP contribution in [0, 0.1) is 11.7 Å². The highest BCUT2D eigenvalue weighted by Crippen LogP contribution is 2.42. The van der Waals surface area contributed by atoms with E-state index in [2.05, 4.69) is 24.0 Å². The molecule has 35 heavy (non-hydrogen) atoms. The highest BCUT2D eigenvalue weighted by atomic mass is 32.1. The van der Waals surface area contributed by atoms with Crippen molar-refractivity contribution in [3.8, 4) is 17.2 Å². The van der Waals surface area contributed by atoms with Crippen LogP contribution in [0.1, 0.15) is 40.6 Å². The fourth-order valence-electron chi connectivity index (χ4n) is 4.62. The molecule has 1 aliphatic rings. The molecule has 2 heterocycles. The van der Waals surface area contributed by atoms with Gasteiger partial charge >= 0.3 is 0 Å². The lowest BCUT2D eigenvalue weighted by atomic mass is 10.1. The molecule has 0 radical (unpaired) electrons. The monoisotopic (exact) mass is 489 g/mol. The summed E-state index contributed by atoms with van der Waals surface area (Å²) in [5.41, 5.74) is 1.64. The van der Waals surface area contributed by atoms with E-state index in [0.717, 1.165) is 35.4 Å². The van der Waals surface area contributed by atoms with E-state index in [0.29, 0.717) is 21.9 Å². The summed E-state index contributed by atoms with van der Waals surface area (Å²) < 4.78 is 20.4. The number of nitrogens with zero attached hydrogens (tertiary/aromatic N) is 1. The lowest BCUT2D eigenvalue weighted by Crippen LogP contribution is -2.21. The second kappa shape index (κ2) is 10.2. The Kier molecular flexibility index (Phi) is 6.84. The number of aromatic hydroxyl groups is 1. The van der Waals surface area contributed by atoms with E-state index in [1.165, 1.54) is 60.7 Å². The van der Waals surface area contributed by atoms with Crippen LogP contribution in [0.25, 0.3) is 10.1 Å². The molecule has 1 aromatic heterocycles. The number of halogens is 1. The van der Waals surface area contributed by atoms with Crippen molar-refractivity contribution in [3.63, 3.8) is 0 Å². The summed E-state index contributed by atoms with van der Waals surface area (Å²) >= 11 is 1.26. The quantitative estimate of drug-likeness (QED) is 0.270. The summed E-state index contributed by atoms with van der Waals surface area (Å²) in [7, 11) is 0. The van der Waals surface area contributed by atoms with E-state index in [-0.39, 0.29) is 11.5 Å². The predicted molar refractivity (Wildman–Crippen MR) is 138 cm³/mol. The number of fused-ring (bicyclic) bond motifs is 1. The first-order valence-electron chi connectivity index (χ1n) is 12.0. The first-order valence-corrected chi connectivity index (χ1v) is 12.8. The van der Waals surface area contributed by atoms with Gasteiger partial charge in [-0.1, -0.05) is 19.1 Å². The van der Waals surface area contributed by atoms with Crippen molar-refractivity contribution < 1.29 is 19.0 Å². The molecular formula is C29H28FNO3S. The summed E-state index contributed by atoms with van der Waals surface area (Å²) in [5.74, 6) is 1.39. The molecule has 0 saturated carbocycles. The van der Waals surface area contributed by atoms with Crippen LogP contribution >= 0.6 is 11.3 Å². The number of ketones is 1. The van der Waals surface area contributed by atoms with E-state index in [4.69, 9.17) is 4.74 Å². The van der Waals surface area contributed by atoms with Crippen LogP contribution in [0.3, 0.4) is 0 Å². The predicted octanol–water partition coefficient (Wildman–Crippen LogP) is 7.04. The molecule has 5 rings (SSSR count). The number of aryl methyl sites for hydroxylation is 1. The molecule has 4 nitrogen and oxygen atoms in total. The van der Waals surface area contributed by atoms with Crippen LogP contribution in [0.4, 0.5) is 4.39 Å². The number of hydrogen-bond acceptors (Lipinski definition) is 5. The van der Waals surface area contributed by atoms with Crippen LogP contribution in [0.15, 0.2) is 66.7 Å². The Morgan fingerprint density at radius 1 is 1.11 bits per heavy atom. The lowest BCUT2D eigenvalue weighted by molar-refractivity contribution is 0.104. The van der Waals surface area contributed by atoms with Crippen molar-refractivity contribution in [2.75, 3.05) is 19.6 Å². The maximum absolute atomic E-state index is 13.4. The molecule has 0 unspecified atom stereocenters. The molecule has 0 spiro atoms. The summed E-state index contributed by atoms with van der Waals surface area (Å²) in [6.45, 7) is 5.86. The van der Waals surface area contributed by atoms with Gasteiger partial charge in [-0.25, -0.2) is 4.39 Å². The first kappa shape index (κ1) is 23.5. The van der Waals surface area contributed by atoms with Crippen molar-refractivity contribution in [3.05, 3.63) is 88.6 Å². The molecule has 1 atom stereocenters. The summed E-state index contributed by atoms with van der Waals surface area (Å²) in [6.07, 6.45) is 3.44. The van der Waals surface area contributed by atoms with Crippen LogP contribution in [0.5, 0.6) is 17.2 Å². The fourth-order valence-corrected chi connectivity index (χ4v) is 5.75. The Bertz CT molecular complexity index is 1330. The molecule has 1 N–H and O–H groups in total. The third kappa shape index (κ3) is 5.39. The smallest absolute Gasteiger partial charge is 0.206 e. The molecule has 0 aliphatic carbocycles. The zero-order chi connectivity index (χ0) is 24.4. The summed E-state index contributed by atoms with van der Waals surface area (Å²) in [6, 6.07) is 18.5. The van der Waals surface area contributed by atoms with Crippen LogP contribution in [-0.2, 0) is 6.42 Å². The van der Waals surface area contributed by atoms with E-state index in [9.17, 15) is 14.3 Å². The van der Waals surface area contributed by atoms with E-state index in [1.54, 1.807) is 18.2 Å². The van der Waals surface area contributed by atoms with Gasteiger partial charge in [0.1, 0.15) is 22.2 Å². The van der Waals surface area contributed by atoms with Gasteiger partial charge in [-0.15, -0.1) is 11.3 Å². The van der Waals surface area contributed by atoms with Crippen LogP contribution in [0.2, 0.25) is 0 Å². The average molecular weight is 490 g/mol. The molecule has 180 valence electrons. The Morgan fingerprint density at radius 2 is 1.89 bits per heavy atom. The second-order valence-corrected chi connectivity index (χ2v) is 10.4. The normalized spacial score (nSPS) is 16.1. The van der Waals surface area contributed by atoms with E-state index >= 15 is 0 Å². The number of thiophene rings is 1. The van der Waals surface area contributed by atoms with Gasteiger partial charge in [0.25, 0.3) is 0 Å². The van der Waals surface area contributed by atoms with Gasteiger partial charge < -0.3 is 14.7 Å². The van der Waals surface area contributed by atoms with Crippen molar-refractivity contribution in [1.29, 1.82) is 0 Å². The number of likely N-dealkylation sites (tertiary alicyclic amines) is 1. The third-order valence-corrected chi connectivity index (χ3v) is 7.66. The molecular weight excluding hydrogens is 461 g/mol. The minimum absolute atomic E-state index is 0.124. The van der Waals surface area contributed by atoms with E-state index < -0.39 is 5.82 Å². The topological polar surface area (TPSA) is 49.8 Å². The molecule has 3 aromatic carbocycles. The largest absolute Gasteiger partial charge is 0.508 e. The maximum atomic E-state index is 13.4. The number of phenols is 1. The number of carbonyl (C=O) groups is 1. The Balaban J connectivity index is 1.34. The molecule has 6 heteroatoms. The Morgan fingerprint density at radius 3 is 2.60 bits per heavy atom. The average Bonchev–Trinajstić information content (AvgIpc) is 3.43. The van der Waals surface area contributed by atoms with Gasteiger partial charge in [-0.05, 0) is 98.4 Å². The van der Waals surface area contributed by atoms with Crippen LogP contribution in [-0.4, -0.2) is 35.4 Å². The van der Waals surface area contributed by atoms with Gasteiger partial charge in [-0.3, -0.25) is 4.79 Å². The van der Waals surface area contributed by atoms with Crippen molar-refractivity contribution in [2.45, 2.75) is 26.2 Å². The Labute approximate surface area is 208 Å². The standard InChI is InChI=1S/C29H28FNO3S/c1-19-14-16-31(18-19)15-2-3-20-4-11-24(12-5-20)34-28-25-13-10-23(32)17-26(25)35-29(28)27(33)21-6-8-22(30)9-7-21/h4-13,17,19,32H,2-3,14-16,18H2,1H3/t19-/m0/s1. The van der Waals surface area contributed by atoms with Gasteiger partial charge in [0, 0.05) is 22.2 Å². The summed E-state index contributed by atoms with van der Waals surface area (Å²) in [4.78, 5) is 16.2. The fraction of sp³-hybridized carbons (Fsp3) is 0.276.